The summed E-state index contributed by atoms with van der Waals surface area (Å²) in [6.07, 6.45) is 1.63. The Labute approximate surface area is 186 Å². The van der Waals surface area contributed by atoms with Crippen LogP contribution in [0, 0.1) is 0 Å². The van der Waals surface area contributed by atoms with Gasteiger partial charge in [-0.2, -0.15) is 0 Å². The zero-order valence-electron chi connectivity index (χ0n) is 17.4. The molecular formula is C24H26N4O2S. The van der Waals surface area contributed by atoms with E-state index in [1.807, 2.05) is 47.4 Å². The third kappa shape index (κ3) is 4.20. The molecule has 3 heterocycles. The molecule has 2 saturated heterocycles. The third-order valence-electron chi connectivity index (χ3n) is 6.20. The van der Waals surface area contributed by atoms with Crippen LogP contribution >= 0.6 is 11.3 Å². The number of fused-ring (bicyclic) bond motifs is 1. The molecular weight excluding hydrogens is 408 g/mol. The van der Waals surface area contributed by atoms with Crippen molar-refractivity contribution in [1.82, 2.24) is 19.7 Å². The standard InChI is InChI=1S/C24H26N4O2S/c29-23(18-7-2-1-3-8-18)28-12-6-10-20(28)24(30)27-15-13-26(14-16-27)17-22-25-19-9-4-5-11-21(19)31-22/h1-5,7-9,11,20H,6,10,12-17H2. The molecule has 2 amide bonds. The zero-order valence-corrected chi connectivity index (χ0v) is 18.3. The number of amides is 2. The van der Waals surface area contributed by atoms with E-state index in [2.05, 4.69) is 17.0 Å². The Bertz CT molecular complexity index is 1040. The second-order valence-corrected chi connectivity index (χ2v) is 9.31. The zero-order chi connectivity index (χ0) is 21.2. The van der Waals surface area contributed by atoms with Crippen molar-refractivity contribution in [3.8, 4) is 0 Å². The summed E-state index contributed by atoms with van der Waals surface area (Å²) in [5.41, 5.74) is 1.71. The highest BCUT2D eigenvalue weighted by atomic mass is 32.1. The first kappa shape index (κ1) is 20.2. The largest absolute Gasteiger partial charge is 0.338 e. The number of hydrogen-bond donors (Lipinski definition) is 0. The van der Waals surface area contributed by atoms with Crippen LogP contribution in [0.1, 0.15) is 28.2 Å². The summed E-state index contributed by atoms with van der Waals surface area (Å²) in [6.45, 7) is 4.55. The van der Waals surface area contributed by atoms with E-state index >= 15 is 0 Å². The molecule has 0 N–H and O–H groups in total. The summed E-state index contributed by atoms with van der Waals surface area (Å²) in [5, 5.41) is 1.12. The maximum Gasteiger partial charge on any atom is 0.254 e. The summed E-state index contributed by atoms with van der Waals surface area (Å²) in [6, 6.07) is 17.2. The Morgan fingerprint density at radius 2 is 1.68 bits per heavy atom. The van der Waals surface area contributed by atoms with Gasteiger partial charge in [0.05, 0.1) is 16.8 Å². The SMILES string of the molecule is O=C(C1CCCN1C(=O)c1ccccc1)N1CCN(Cc2nc3ccccc3s2)CC1. The Hall–Kier alpha value is -2.77. The van der Waals surface area contributed by atoms with Gasteiger partial charge >= 0.3 is 0 Å². The monoisotopic (exact) mass is 434 g/mol. The van der Waals surface area contributed by atoms with E-state index in [0.29, 0.717) is 25.2 Å². The number of rotatable bonds is 4. The van der Waals surface area contributed by atoms with Crippen LogP contribution in [-0.2, 0) is 11.3 Å². The van der Waals surface area contributed by atoms with Gasteiger partial charge in [0.1, 0.15) is 11.0 Å². The number of piperazine rings is 1. The third-order valence-corrected chi connectivity index (χ3v) is 7.22. The molecule has 2 aromatic carbocycles. The lowest BCUT2D eigenvalue weighted by molar-refractivity contribution is -0.137. The minimum atomic E-state index is -0.330. The van der Waals surface area contributed by atoms with Crippen molar-refractivity contribution in [3.63, 3.8) is 0 Å². The van der Waals surface area contributed by atoms with Gasteiger partial charge in [0, 0.05) is 38.3 Å². The number of thiazole rings is 1. The molecule has 0 saturated carbocycles. The first-order valence-electron chi connectivity index (χ1n) is 10.9. The van der Waals surface area contributed by atoms with Gasteiger partial charge in [-0.05, 0) is 37.1 Å². The van der Waals surface area contributed by atoms with Crippen molar-refractivity contribution < 1.29 is 9.59 Å². The summed E-state index contributed by atoms with van der Waals surface area (Å²) in [5.74, 6) is 0.0624. The maximum absolute atomic E-state index is 13.2. The van der Waals surface area contributed by atoms with Crippen LogP contribution in [0.25, 0.3) is 10.2 Å². The second kappa shape index (κ2) is 8.77. The minimum absolute atomic E-state index is 0.0362. The molecule has 2 aliphatic rings. The van der Waals surface area contributed by atoms with E-state index < -0.39 is 0 Å². The predicted octanol–water partition coefficient (Wildman–Crippen LogP) is 3.25. The summed E-state index contributed by atoms with van der Waals surface area (Å²) < 4.78 is 1.22. The molecule has 0 bridgehead atoms. The van der Waals surface area contributed by atoms with Crippen molar-refractivity contribution >= 4 is 33.4 Å². The molecule has 31 heavy (non-hydrogen) atoms. The quantitative estimate of drug-likeness (QED) is 0.633. The second-order valence-electron chi connectivity index (χ2n) is 8.20. The highest BCUT2D eigenvalue weighted by Gasteiger charge is 2.37. The lowest BCUT2D eigenvalue weighted by Crippen LogP contribution is -2.54. The molecule has 2 aliphatic heterocycles. The van der Waals surface area contributed by atoms with E-state index in [0.717, 1.165) is 43.0 Å². The predicted molar refractivity (Wildman–Crippen MR) is 122 cm³/mol. The van der Waals surface area contributed by atoms with Gasteiger partial charge in [-0.1, -0.05) is 30.3 Å². The molecule has 0 spiro atoms. The average molecular weight is 435 g/mol. The van der Waals surface area contributed by atoms with E-state index in [-0.39, 0.29) is 17.9 Å². The smallest absolute Gasteiger partial charge is 0.254 e. The van der Waals surface area contributed by atoms with Crippen molar-refractivity contribution in [2.75, 3.05) is 32.7 Å². The van der Waals surface area contributed by atoms with Crippen molar-refractivity contribution in [2.24, 2.45) is 0 Å². The number of benzene rings is 2. The average Bonchev–Trinajstić information content (AvgIpc) is 3.46. The van der Waals surface area contributed by atoms with E-state index in [4.69, 9.17) is 4.98 Å². The number of para-hydroxylation sites is 1. The molecule has 1 aromatic heterocycles. The lowest BCUT2D eigenvalue weighted by atomic mass is 10.1. The Kier molecular flexibility index (Phi) is 5.70. The van der Waals surface area contributed by atoms with E-state index in [1.54, 1.807) is 16.2 Å². The van der Waals surface area contributed by atoms with Crippen LogP contribution in [0.2, 0.25) is 0 Å². The van der Waals surface area contributed by atoms with Crippen LogP contribution in [0.3, 0.4) is 0 Å². The van der Waals surface area contributed by atoms with Gasteiger partial charge in [0.25, 0.3) is 5.91 Å². The van der Waals surface area contributed by atoms with Gasteiger partial charge in [0.2, 0.25) is 5.91 Å². The highest BCUT2D eigenvalue weighted by molar-refractivity contribution is 7.18. The fourth-order valence-corrected chi connectivity index (χ4v) is 5.54. The number of hydrogen-bond acceptors (Lipinski definition) is 5. The van der Waals surface area contributed by atoms with E-state index in [9.17, 15) is 9.59 Å². The molecule has 3 aromatic rings. The minimum Gasteiger partial charge on any atom is -0.338 e. The Morgan fingerprint density at radius 3 is 2.45 bits per heavy atom. The Morgan fingerprint density at radius 1 is 0.935 bits per heavy atom. The van der Waals surface area contributed by atoms with Crippen LogP contribution in [0.15, 0.2) is 54.6 Å². The van der Waals surface area contributed by atoms with Crippen LogP contribution < -0.4 is 0 Å². The molecule has 5 rings (SSSR count). The molecule has 0 aliphatic carbocycles. The molecule has 1 unspecified atom stereocenters. The fourth-order valence-electron chi connectivity index (χ4n) is 4.53. The number of nitrogens with zero attached hydrogens (tertiary/aromatic N) is 4. The van der Waals surface area contributed by atoms with Crippen molar-refractivity contribution in [1.29, 1.82) is 0 Å². The fraction of sp³-hybridized carbons (Fsp3) is 0.375. The van der Waals surface area contributed by atoms with Gasteiger partial charge < -0.3 is 9.80 Å². The maximum atomic E-state index is 13.2. The topological polar surface area (TPSA) is 56.8 Å². The first-order valence-corrected chi connectivity index (χ1v) is 11.7. The first-order chi connectivity index (χ1) is 15.2. The number of carbonyl (C=O) groups excluding carboxylic acids is 2. The van der Waals surface area contributed by atoms with Crippen LogP contribution in [-0.4, -0.2) is 70.3 Å². The van der Waals surface area contributed by atoms with Crippen molar-refractivity contribution in [2.45, 2.75) is 25.4 Å². The van der Waals surface area contributed by atoms with Crippen LogP contribution in [0.4, 0.5) is 0 Å². The summed E-state index contributed by atoms with van der Waals surface area (Å²) in [4.78, 5) is 37.0. The van der Waals surface area contributed by atoms with Gasteiger partial charge in [0.15, 0.2) is 0 Å². The molecule has 160 valence electrons. The van der Waals surface area contributed by atoms with Crippen LogP contribution in [0.5, 0.6) is 0 Å². The highest BCUT2D eigenvalue weighted by Crippen LogP contribution is 2.25. The molecule has 7 heteroatoms. The number of carbonyl (C=O) groups is 2. The van der Waals surface area contributed by atoms with Crippen molar-refractivity contribution in [3.05, 3.63) is 65.2 Å². The van der Waals surface area contributed by atoms with Gasteiger partial charge in [-0.3, -0.25) is 14.5 Å². The lowest BCUT2D eigenvalue weighted by Gasteiger charge is -2.37. The molecule has 6 nitrogen and oxygen atoms in total. The summed E-state index contributed by atoms with van der Waals surface area (Å²) in [7, 11) is 0. The molecule has 0 radical (unpaired) electrons. The number of aromatic nitrogens is 1. The molecule has 2 fully saturated rings. The summed E-state index contributed by atoms with van der Waals surface area (Å²) >= 11 is 1.74. The van der Waals surface area contributed by atoms with E-state index in [1.165, 1.54) is 4.70 Å². The van der Waals surface area contributed by atoms with Gasteiger partial charge in [-0.25, -0.2) is 4.98 Å². The number of likely N-dealkylation sites (tertiary alicyclic amines) is 1. The van der Waals surface area contributed by atoms with Gasteiger partial charge in [-0.15, -0.1) is 11.3 Å². The molecule has 1 atom stereocenters. The Balaban J connectivity index is 1.19. The normalized spacial score (nSPS) is 19.8.